The van der Waals surface area contributed by atoms with Gasteiger partial charge in [-0.1, -0.05) is 36.8 Å². The Morgan fingerprint density at radius 1 is 0.964 bits per heavy atom. The van der Waals surface area contributed by atoms with Crippen molar-refractivity contribution < 1.29 is 4.74 Å². The van der Waals surface area contributed by atoms with Gasteiger partial charge in [0.05, 0.1) is 6.54 Å². The lowest BCUT2D eigenvalue weighted by molar-refractivity contribution is 0.183. The van der Waals surface area contributed by atoms with Gasteiger partial charge in [-0.25, -0.2) is 4.99 Å². The quantitative estimate of drug-likeness (QED) is 0.797. The molecule has 5 heteroatoms. The van der Waals surface area contributed by atoms with Crippen LogP contribution in [0.25, 0.3) is 5.57 Å². The zero-order chi connectivity index (χ0) is 19.0. The van der Waals surface area contributed by atoms with Crippen LogP contribution < -0.4 is 15.4 Å². The normalized spacial score (nSPS) is 17.3. The first-order valence-electron chi connectivity index (χ1n) is 10.0. The molecule has 2 aromatic carbocycles. The lowest BCUT2D eigenvalue weighted by atomic mass is 10.1. The van der Waals surface area contributed by atoms with E-state index in [9.17, 15) is 0 Å². The van der Waals surface area contributed by atoms with E-state index in [2.05, 4.69) is 32.7 Å². The van der Waals surface area contributed by atoms with Gasteiger partial charge in [0.15, 0.2) is 0 Å². The first-order chi connectivity index (χ1) is 13.9. The van der Waals surface area contributed by atoms with E-state index in [-0.39, 0.29) is 0 Å². The van der Waals surface area contributed by atoms with Crippen LogP contribution in [0.4, 0.5) is 5.69 Å². The number of rotatable bonds is 6. The molecule has 0 aromatic heterocycles. The molecular formula is C23H27N4O. The molecule has 5 nitrogen and oxygen atoms in total. The highest BCUT2D eigenvalue weighted by Gasteiger charge is 2.10. The zero-order valence-corrected chi connectivity index (χ0v) is 16.1. The van der Waals surface area contributed by atoms with Crippen LogP contribution in [0.15, 0.2) is 65.8 Å². The molecule has 28 heavy (non-hydrogen) atoms. The van der Waals surface area contributed by atoms with Gasteiger partial charge in [0.25, 0.3) is 0 Å². The number of piperidine rings is 1. The predicted molar refractivity (Wildman–Crippen MR) is 115 cm³/mol. The average molecular weight is 375 g/mol. The van der Waals surface area contributed by atoms with Gasteiger partial charge in [-0.05, 0) is 55.8 Å². The zero-order valence-electron chi connectivity index (χ0n) is 16.1. The number of hydrogen-bond acceptors (Lipinski definition) is 5. The van der Waals surface area contributed by atoms with E-state index in [1.807, 2.05) is 55.2 Å². The minimum absolute atomic E-state index is 0.707. The Morgan fingerprint density at radius 2 is 1.75 bits per heavy atom. The highest BCUT2D eigenvalue weighted by molar-refractivity contribution is 5.98. The Labute approximate surface area is 167 Å². The second-order valence-electron chi connectivity index (χ2n) is 7.12. The third-order valence-electron chi connectivity index (χ3n) is 5.05. The number of aliphatic imine (C=N–C) groups is 1. The highest BCUT2D eigenvalue weighted by Crippen LogP contribution is 2.20. The fourth-order valence-electron chi connectivity index (χ4n) is 3.46. The van der Waals surface area contributed by atoms with Crippen molar-refractivity contribution in [2.24, 2.45) is 4.99 Å². The smallest absolute Gasteiger partial charge is 0.201 e. The van der Waals surface area contributed by atoms with E-state index < -0.39 is 0 Å². The molecule has 0 atom stereocenters. The summed E-state index contributed by atoms with van der Waals surface area (Å²) in [5.41, 5.74) is 3.17. The summed E-state index contributed by atoms with van der Waals surface area (Å²) in [5.74, 6) is 1.61. The lowest BCUT2D eigenvalue weighted by Crippen LogP contribution is -2.33. The van der Waals surface area contributed by atoms with Crippen molar-refractivity contribution >= 4 is 17.2 Å². The van der Waals surface area contributed by atoms with Crippen molar-refractivity contribution in [3.63, 3.8) is 0 Å². The number of hydrogen-bond donors (Lipinski definition) is 2. The summed E-state index contributed by atoms with van der Waals surface area (Å²) in [6.45, 7) is 6.12. The molecule has 4 rings (SSSR count). The van der Waals surface area contributed by atoms with Gasteiger partial charge in [-0.3, -0.25) is 4.90 Å². The predicted octanol–water partition coefficient (Wildman–Crippen LogP) is 4.13. The SMILES string of the molecule is [CH]1NC(Nc2ccc(OCCN3CCCCC3)cc2)=NC=C1c1ccccc1. The van der Waals surface area contributed by atoms with Crippen LogP contribution in [0.1, 0.15) is 24.8 Å². The lowest BCUT2D eigenvalue weighted by Gasteiger charge is -2.26. The Balaban J connectivity index is 1.26. The summed E-state index contributed by atoms with van der Waals surface area (Å²) in [4.78, 5) is 6.96. The molecule has 2 heterocycles. The molecule has 2 N–H and O–H groups in total. The number of ether oxygens (including phenoxy) is 1. The minimum atomic E-state index is 0.707. The molecule has 0 spiro atoms. The standard InChI is InChI=1S/C23H27N4O/c1-3-7-19(8-4-1)20-17-24-23(25-18-20)26-21-9-11-22(12-10-21)28-16-15-27-13-5-2-6-14-27/h1,3-4,7-12,17-18H,2,5-6,13-16H2,(H2,24,25,26). The maximum absolute atomic E-state index is 5.89. The number of nitrogens with zero attached hydrogens (tertiary/aromatic N) is 2. The van der Waals surface area contributed by atoms with E-state index in [1.165, 1.54) is 32.4 Å². The Morgan fingerprint density at radius 3 is 2.46 bits per heavy atom. The van der Waals surface area contributed by atoms with Gasteiger partial charge < -0.3 is 15.4 Å². The van der Waals surface area contributed by atoms with Crippen molar-refractivity contribution in [3.05, 3.63) is 72.9 Å². The van der Waals surface area contributed by atoms with Crippen LogP contribution in [-0.2, 0) is 0 Å². The van der Waals surface area contributed by atoms with Gasteiger partial charge >= 0.3 is 0 Å². The number of nitrogens with one attached hydrogen (secondary N) is 2. The van der Waals surface area contributed by atoms with Gasteiger partial charge in [0, 0.05) is 24.0 Å². The molecule has 1 fully saturated rings. The molecule has 2 aromatic rings. The van der Waals surface area contributed by atoms with Crippen molar-refractivity contribution in [1.82, 2.24) is 10.2 Å². The van der Waals surface area contributed by atoms with Gasteiger partial charge in [-0.2, -0.15) is 0 Å². The van der Waals surface area contributed by atoms with Gasteiger partial charge in [0.2, 0.25) is 5.96 Å². The Kier molecular flexibility index (Phi) is 6.25. The highest BCUT2D eigenvalue weighted by atomic mass is 16.5. The first kappa shape index (κ1) is 18.6. The third kappa shape index (κ3) is 5.14. The summed E-state index contributed by atoms with van der Waals surface area (Å²) in [6, 6.07) is 18.2. The summed E-state index contributed by atoms with van der Waals surface area (Å²) in [5, 5.41) is 6.50. The van der Waals surface area contributed by atoms with Crippen molar-refractivity contribution in [1.29, 1.82) is 0 Å². The average Bonchev–Trinajstić information content (AvgIpc) is 2.77. The number of anilines is 1. The molecule has 2 aliphatic rings. The van der Waals surface area contributed by atoms with E-state index >= 15 is 0 Å². The van der Waals surface area contributed by atoms with E-state index in [0.717, 1.165) is 35.7 Å². The maximum Gasteiger partial charge on any atom is 0.201 e. The fraction of sp³-hybridized carbons (Fsp3) is 0.304. The molecule has 0 amide bonds. The number of likely N-dealkylation sites (tertiary alicyclic amines) is 1. The first-order valence-corrected chi connectivity index (χ1v) is 10.0. The van der Waals surface area contributed by atoms with Crippen LogP contribution >= 0.6 is 0 Å². The third-order valence-corrected chi connectivity index (χ3v) is 5.05. The van der Waals surface area contributed by atoms with Gasteiger partial charge in [-0.15, -0.1) is 0 Å². The Bertz CT molecular complexity index is 808. The van der Waals surface area contributed by atoms with Crippen LogP contribution in [-0.4, -0.2) is 37.1 Å². The molecule has 0 bridgehead atoms. The van der Waals surface area contributed by atoms with Crippen LogP contribution in [0.3, 0.4) is 0 Å². The fourth-order valence-corrected chi connectivity index (χ4v) is 3.46. The van der Waals surface area contributed by atoms with Crippen molar-refractivity contribution in [2.45, 2.75) is 19.3 Å². The van der Waals surface area contributed by atoms with Crippen LogP contribution in [0.2, 0.25) is 0 Å². The minimum Gasteiger partial charge on any atom is -0.492 e. The van der Waals surface area contributed by atoms with E-state index in [0.29, 0.717) is 5.96 Å². The largest absolute Gasteiger partial charge is 0.492 e. The molecule has 0 unspecified atom stereocenters. The summed E-state index contributed by atoms with van der Waals surface area (Å²) in [6.07, 6.45) is 5.87. The number of benzene rings is 2. The molecule has 0 aliphatic carbocycles. The van der Waals surface area contributed by atoms with E-state index in [1.54, 1.807) is 0 Å². The molecule has 2 aliphatic heterocycles. The Hall–Kier alpha value is -2.79. The summed E-state index contributed by atoms with van der Waals surface area (Å²) < 4.78 is 5.89. The second-order valence-corrected chi connectivity index (χ2v) is 7.12. The van der Waals surface area contributed by atoms with Crippen molar-refractivity contribution in [3.8, 4) is 5.75 Å². The molecule has 1 radical (unpaired) electrons. The monoisotopic (exact) mass is 375 g/mol. The maximum atomic E-state index is 5.89. The molecule has 1 saturated heterocycles. The van der Waals surface area contributed by atoms with Crippen LogP contribution in [0.5, 0.6) is 5.75 Å². The second kappa shape index (κ2) is 9.42. The van der Waals surface area contributed by atoms with Gasteiger partial charge in [0.1, 0.15) is 12.4 Å². The summed E-state index contributed by atoms with van der Waals surface area (Å²) >= 11 is 0. The topological polar surface area (TPSA) is 48.9 Å². The van der Waals surface area contributed by atoms with Crippen molar-refractivity contribution in [2.75, 3.05) is 31.6 Å². The molecular weight excluding hydrogens is 348 g/mol. The van der Waals surface area contributed by atoms with Crippen LogP contribution in [0, 0.1) is 6.54 Å². The van der Waals surface area contributed by atoms with E-state index in [4.69, 9.17) is 4.74 Å². The molecule has 145 valence electrons. The summed E-state index contributed by atoms with van der Waals surface area (Å²) in [7, 11) is 0. The molecule has 0 saturated carbocycles. The number of guanidine groups is 1.